The maximum atomic E-state index is 12.8. The van der Waals surface area contributed by atoms with Gasteiger partial charge in [-0.25, -0.2) is 0 Å². The Morgan fingerprint density at radius 3 is 2.48 bits per heavy atom. The van der Waals surface area contributed by atoms with Crippen LogP contribution in [0.4, 0.5) is 5.69 Å². The van der Waals surface area contributed by atoms with Gasteiger partial charge < -0.3 is 15.4 Å². The second kappa shape index (κ2) is 11.0. The largest absolute Gasteiger partial charge is 0.489 e. The van der Waals surface area contributed by atoms with E-state index in [1.54, 1.807) is 54.6 Å². The van der Waals surface area contributed by atoms with Crippen LogP contribution in [0.25, 0.3) is 0 Å². The molecule has 0 saturated carbocycles. The lowest BCUT2D eigenvalue weighted by atomic mass is 10.0. The number of carbonyl (C=O) groups excluding carboxylic acids is 2. The van der Waals surface area contributed by atoms with Crippen molar-refractivity contribution in [2.75, 3.05) is 11.9 Å². The van der Waals surface area contributed by atoms with E-state index < -0.39 is 6.04 Å². The average Bonchev–Trinajstić information content (AvgIpc) is 2.78. The molecule has 0 radical (unpaired) electrons. The van der Waals surface area contributed by atoms with Gasteiger partial charge >= 0.3 is 0 Å². The Morgan fingerprint density at radius 2 is 1.74 bits per heavy atom. The Labute approximate surface area is 186 Å². The summed E-state index contributed by atoms with van der Waals surface area (Å²) in [6, 6.07) is 22.7. The van der Waals surface area contributed by atoms with Crippen molar-refractivity contribution in [3.63, 3.8) is 0 Å². The van der Waals surface area contributed by atoms with E-state index in [2.05, 4.69) is 17.2 Å². The predicted octanol–water partition coefficient (Wildman–Crippen LogP) is 5.40. The smallest absolute Gasteiger partial charge is 0.253 e. The van der Waals surface area contributed by atoms with Crippen molar-refractivity contribution in [2.24, 2.45) is 0 Å². The van der Waals surface area contributed by atoms with Crippen LogP contribution in [0.15, 0.2) is 91.5 Å². The van der Waals surface area contributed by atoms with Gasteiger partial charge in [0.15, 0.2) is 0 Å². The summed E-state index contributed by atoms with van der Waals surface area (Å²) in [5.74, 6) is 0.0468. The normalized spacial score (nSPS) is 11.3. The van der Waals surface area contributed by atoms with Crippen LogP contribution in [0.5, 0.6) is 5.75 Å². The third-order valence-corrected chi connectivity index (χ3v) is 4.83. The molecule has 3 aromatic rings. The topological polar surface area (TPSA) is 67.4 Å². The molecule has 1 atom stereocenters. The number of benzene rings is 3. The van der Waals surface area contributed by atoms with Crippen molar-refractivity contribution >= 4 is 29.1 Å². The predicted molar refractivity (Wildman–Crippen MR) is 123 cm³/mol. The van der Waals surface area contributed by atoms with Crippen LogP contribution in [0.1, 0.15) is 28.4 Å². The molecule has 0 heterocycles. The van der Waals surface area contributed by atoms with Crippen LogP contribution in [0, 0.1) is 0 Å². The van der Waals surface area contributed by atoms with Gasteiger partial charge in [-0.15, -0.1) is 0 Å². The third kappa shape index (κ3) is 6.46. The first kappa shape index (κ1) is 22.1. The first-order chi connectivity index (χ1) is 15.1. The van der Waals surface area contributed by atoms with Crippen LogP contribution in [-0.2, 0) is 4.79 Å². The average molecular weight is 435 g/mol. The molecular formula is C25H23ClN2O3. The lowest BCUT2D eigenvalue weighted by Gasteiger charge is -2.19. The summed E-state index contributed by atoms with van der Waals surface area (Å²) in [4.78, 5) is 25.5. The third-order valence-electron chi connectivity index (χ3n) is 4.50. The number of carbonyl (C=O) groups is 2. The fourth-order valence-corrected chi connectivity index (χ4v) is 3.26. The number of ether oxygens (including phenoxy) is 1. The highest BCUT2D eigenvalue weighted by molar-refractivity contribution is 6.33. The second-order valence-electron chi connectivity index (χ2n) is 6.80. The highest BCUT2D eigenvalue weighted by Crippen LogP contribution is 2.22. The minimum atomic E-state index is -0.523. The summed E-state index contributed by atoms with van der Waals surface area (Å²) >= 11 is 6.15. The number of halogens is 1. The molecule has 6 heteroatoms. The van der Waals surface area contributed by atoms with Crippen molar-refractivity contribution in [3.05, 3.63) is 108 Å². The Kier molecular flexibility index (Phi) is 7.85. The van der Waals surface area contributed by atoms with Gasteiger partial charge in [-0.1, -0.05) is 72.8 Å². The molecule has 3 rings (SSSR count). The summed E-state index contributed by atoms with van der Waals surface area (Å²) < 4.78 is 5.50. The Morgan fingerprint density at radius 1 is 1.00 bits per heavy atom. The molecule has 0 aromatic heterocycles. The molecule has 0 aliphatic carbocycles. The lowest BCUT2D eigenvalue weighted by molar-refractivity contribution is -0.116. The van der Waals surface area contributed by atoms with Crippen LogP contribution in [0.2, 0.25) is 5.02 Å². The molecule has 0 saturated heterocycles. The van der Waals surface area contributed by atoms with Crippen molar-refractivity contribution in [3.8, 4) is 5.75 Å². The molecule has 3 aromatic carbocycles. The van der Waals surface area contributed by atoms with E-state index in [-0.39, 0.29) is 18.2 Å². The quantitative estimate of drug-likeness (QED) is 0.443. The van der Waals surface area contributed by atoms with Gasteiger partial charge in [-0.2, -0.15) is 0 Å². The Hall–Kier alpha value is -3.57. The molecular weight excluding hydrogens is 412 g/mol. The van der Waals surface area contributed by atoms with Crippen LogP contribution in [-0.4, -0.2) is 18.4 Å². The standard InChI is InChI=1S/C25H23ClN2O3/c1-2-15-31-20-12-8-11-19(16-20)27-24(29)17-23(18-9-4-3-5-10-18)28-25(30)21-13-6-7-14-22(21)26/h2-14,16,23H,1,15,17H2,(H,27,29)(H,28,30). The van der Waals surface area contributed by atoms with Gasteiger partial charge in [-0.05, 0) is 29.8 Å². The van der Waals surface area contributed by atoms with E-state index in [0.717, 1.165) is 5.56 Å². The summed E-state index contributed by atoms with van der Waals surface area (Å²) in [5, 5.41) is 6.14. The van der Waals surface area contributed by atoms with Gasteiger partial charge in [0.05, 0.1) is 23.0 Å². The van der Waals surface area contributed by atoms with Crippen LogP contribution in [0.3, 0.4) is 0 Å². The van der Waals surface area contributed by atoms with E-state index in [4.69, 9.17) is 16.3 Å². The summed E-state index contributed by atoms with van der Waals surface area (Å²) in [6.07, 6.45) is 1.70. The maximum absolute atomic E-state index is 12.8. The molecule has 31 heavy (non-hydrogen) atoms. The van der Waals surface area contributed by atoms with E-state index in [1.807, 2.05) is 30.3 Å². The molecule has 2 N–H and O–H groups in total. The van der Waals surface area contributed by atoms with Crippen molar-refractivity contribution in [1.29, 1.82) is 0 Å². The number of rotatable bonds is 9. The van der Waals surface area contributed by atoms with Gasteiger partial charge in [0.1, 0.15) is 12.4 Å². The van der Waals surface area contributed by atoms with E-state index in [9.17, 15) is 9.59 Å². The molecule has 5 nitrogen and oxygen atoms in total. The van der Waals surface area contributed by atoms with Crippen LogP contribution >= 0.6 is 11.6 Å². The number of amides is 2. The zero-order valence-corrected chi connectivity index (χ0v) is 17.6. The van der Waals surface area contributed by atoms with Gasteiger partial charge in [-0.3, -0.25) is 9.59 Å². The SMILES string of the molecule is C=CCOc1cccc(NC(=O)CC(NC(=O)c2ccccc2Cl)c2ccccc2)c1. The molecule has 2 amide bonds. The molecule has 0 fully saturated rings. The number of hydrogen-bond acceptors (Lipinski definition) is 3. The zero-order chi connectivity index (χ0) is 22.1. The fourth-order valence-electron chi connectivity index (χ4n) is 3.04. The number of anilines is 1. The highest BCUT2D eigenvalue weighted by atomic mass is 35.5. The first-order valence-electron chi connectivity index (χ1n) is 9.81. The molecule has 0 aliphatic rings. The first-order valence-corrected chi connectivity index (χ1v) is 10.2. The van der Waals surface area contributed by atoms with Crippen molar-refractivity contribution in [1.82, 2.24) is 5.32 Å². The Bertz CT molecular complexity index is 1050. The zero-order valence-electron chi connectivity index (χ0n) is 16.9. The minimum Gasteiger partial charge on any atom is -0.489 e. The molecule has 0 bridgehead atoms. The molecule has 0 aliphatic heterocycles. The summed E-state index contributed by atoms with van der Waals surface area (Å²) in [6.45, 7) is 4.00. The van der Waals surface area contributed by atoms with Gasteiger partial charge in [0.25, 0.3) is 5.91 Å². The van der Waals surface area contributed by atoms with Crippen molar-refractivity contribution < 1.29 is 14.3 Å². The van der Waals surface area contributed by atoms with Crippen LogP contribution < -0.4 is 15.4 Å². The van der Waals surface area contributed by atoms with Crippen molar-refractivity contribution in [2.45, 2.75) is 12.5 Å². The number of nitrogens with one attached hydrogen (secondary N) is 2. The van der Waals surface area contributed by atoms with E-state index in [1.165, 1.54) is 0 Å². The summed E-state index contributed by atoms with van der Waals surface area (Å²) in [7, 11) is 0. The van der Waals surface area contributed by atoms with Gasteiger partial charge in [0.2, 0.25) is 5.91 Å². The summed E-state index contributed by atoms with van der Waals surface area (Å²) in [5.41, 5.74) is 1.79. The molecule has 0 spiro atoms. The second-order valence-corrected chi connectivity index (χ2v) is 7.20. The highest BCUT2D eigenvalue weighted by Gasteiger charge is 2.20. The monoisotopic (exact) mass is 434 g/mol. The minimum absolute atomic E-state index is 0.0535. The molecule has 158 valence electrons. The number of hydrogen-bond donors (Lipinski definition) is 2. The van der Waals surface area contributed by atoms with E-state index in [0.29, 0.717) is 28.6 Å². The maximum Gasteiger partial charge on any atom is 0.253 e. The fraction of sp³-hybridized carbons (Fsp3) is 0.120. The molecule has 1 unspecified atom stereocenters. The lowest BCUT2D eigenvalue weighted by Crippen LogP contribution is -2.31. The Balaban J connectivity index is 1.73. The van der Waals surface area contributed by atoms with E-state index >= 15 is 0 Å². The van der Waals surface area contributed by atoms with Gasteiger partial charge in [0, 0.05) is 11.8 Å².